The van der Waals surface area contributed by atoms with Crippen molar-refractivity contribution in [3.63, 3.8) is 0 Å². The largest absolute Gasteiger partial charge is 0.490 e. The van der Waals surface area contributed by atoms with Gasteiger partial charge in [-0.25, -0.2) is 8.78 Å². The molecule has 0 aromatic heterocycles. The van der Waals surface area contributed by atoms with Gasteiger partial charge in [-0.3, -0.25) is 0 Å². The summed E-state index contributed by atoms with van der Waals surface area (Å²) in [6, 6.07) is 10.2. The van der Waals surface area contributed by atoms with Gasteiger partial charge in [-0.2, -0.15) is 0 Å². The molecule has 2 fully saturated rings. The highest BCUT2D eigenvalue weighted by atomic mass is 19.1. The predicted molar refractivity (Wildman–Crippen MR) is 135 cm³/mol. The summed E-state index contributed by atoms with van der Waals surface area (Å²) in [6.07, 6.45) is 15.3. The first-order valence-corrected chi connectivity index (χ1v) is 12.5. The van der Waals surface area contributed by atoms with E-state index in [1.807, 2.05) is 31.2 Å². The van der Waals surface area contributed by atoms with Crippen molar-refractivity contribution in [2.45, 2.75) is 58.3 Å². The summed E-state index contributed by atoms with van der Waals surface area (Å²) in [4.78, 5) is 0. The van der Waals surface area contributed by atoms with Gasteiger partial charge in [0.05, 0.1) is 5.56 Å². The van der Waals surface area contributed by atoms with Gasteiger partial charge in [-0.1, -0.05) is 36.1 Å². The highest BCUT2D eigenvalue weighted by Gasteiger charge is 2.35. The molecular formula is C31H34F2O. The number of fused-ring (bicyclic) bond motifs is 1. The van der Waals surface area contributed by atoms with Gasteiger partial charge in [0.15, 0.2) is 0 Å². The summed E-state index contributed by atoms with van der Waals surface area (Å²) in [5, 5.41) is 0. The Morgan fingerprint density at radius 3 is 2.29 bits per heavy atom. The van der Waals surface area contributed by atoms with E-state index in [1.54, 1.807) is 12.1 Å². The zero-order valence-corrected chi connectivity index (χ0v) is 20.2. The topological polar surface area (TPSA) is 9.23 Å². The fourth-order valence-electron chi connectivity index (χ4n) is 5.63. The molecule has 0 bridgehead atoms. The molecule has 2 aliphatic carbocycles. The van der Waals surface area contributed by atoms with Crippen molar-refractivity contribution in [1.82, 2.24) is 0 Å². The lowest BCUT2D eigenvalue weighted by atomic mass is 9.64. The number of ether oxygens (including phenoxy) is 1. The molecule has 2 aromatic carbocycles. The predicted octanol–water partition coefficient (Wildman–Crippen LogP) is 8.20. The molecule has 0 radical (unpaired) electrons. The zero-order chi connectivity index (χ0) is 23.9. The lowest BCUT2D eigenvalue weighted by molar-refractivity contribution is 0.133. The lowest BCUT2D eigenvalue weighted by Gasteiger charge is -2.41. The van der Waals surface area contributed by atoms with Crippen molar-refractivity contribution in [3.8, 4) is 17.6 Å². The average Bonchev–Trinajstić information content (AvgIpc) is 2.84. The second kappa shape index (κ2) is 11.5. The Morgan fingerprint density at radius 2 is 1.59 bits per heavy atom. The zero-order valence-electron chi connectivity index (χ0n) is 20.2. The van der Waals surface area contributed by atoms with Gasteiger partial charge in [0, 0.05) is 5.56 Å². The third kappa shape index (κ3) is 5.98. The van der Waals surface area contributed by atoms with Crippen LogP contribution in [0, 0.1) is 41.2 Å². The minimum absolute atomic E-state index is 0.155. The quantitative estimate of drug-likeness (QED) is 0.323. The summed E-state index contributed by atoms with van der Waals surface area (Å²) >= 11 is 0. The maximum Gasteiger partial charge on any atom is 0.142 e. The Balaban J connectivity index is 1.42. The number of halogens is 2. The molecule has 0 amide bonds. The molecule has 178 valence electrons. The molecule has 1 nitrogen and oxygen atoms in total. The molecule has 3 heteroatoms. The van der Waals surface area contributed by atoms with Crippen molar-refractivity contribution in [2.24, 2.45) is 17.8 Å². The molecule has 4 unspecified atom stereocenters. The molecule has 0 saturated heterocycles. The monoisotopic (exact) mass is 460 g/mol. The highest BCUT2D eigenvalue weighted by molar-refractivity contribution is 5.46. The van der Waals surface area contributed by atoms with E-state index < -0.39 is 11.6 Å². The minimum atomic E-state index is -0.562. The van der Waals surface area contributed by atoms with Crippen molar-refractivity contribution in [1.29, 1.82) is 0 Å². The Morgan fingerprint density at radius 1 is 0.882 bits per heavy atom. The van der Waals surface area contributed by atoms with E-state index >= 15 is 0 Å². The maximum absolute atomic E-state index is 14.9. The van der Waals surface area contributed by atoms with Crippen LogP contribution in [0.15, 0.2) is 60.7 Å². The van der Waals surface area contributed by atoms with Crippen LogP contribution in [0.2, 0.25) is 0 Å². The molecule has 2 saturated carbocycles. The van der Waals surface area contributed by atoms with E-state index in [0.717, 1.165) is 36.5 Å². The second-order valence-electron chi connectivity index (χ2n) is 9.64. The molecule has 0 heterocycles. The van der Waals surface area contributed by atoms with Crippen molar-refractivity contribution in [3.05, 3.63) is 89.0 Å². The van der Waals surface area contributed by atoms with E-state index in [-0.39, 0.29) is 11.5 Å². The summed E-state index contributed by atoms with van der Waals surface area (Å²) < 4.78 is 35.4. The Kier molecular flexibility index (Phi) is 8.22. The molecule has 0 aliphatic heterocycles. The van der Waals surface area contributed by atoms with E-state index in [2.05, 4.69) is 30.9 Å². The normalized spacial score (nSPS) is 24.6. The highest BCUT2D eigenvalue weighted by Crippen LogP contribution is 2.48. The van der Waals surface area contributed by atoms with Crippen LogP contribution in [0.1, 0.15) is 75.0 Å². The number of rotatable bonds is 5. The number of allylic oxidation sites excluding steroid dienone is 3. The van der Waals surface area contributed by atoms with Crippen LogP contribution >= 0.6 is 0 Å². The van der Waals surface area contributed by atoms with Crippen molar-refractivity contribution < 1.29 is 13.5 Å². The summed E-state index contributed by atoms with van der Waals surface area (Å²) in [6.45, 7) is 4.54. The second-order valence-corrected chi connectivity index (χ2v) is 9.64. The molecule has 4 rings (SSSR count). The van der Waals surface area contributed by atoms with Crippen molar-refractivity contribution >= 4 is 0 Å². The fraction of sp³-hybridized carbons (Fsp3) is 0.419. The van der Waals surface area contributed by atoms with Crippen LogP contribution in [-0.4, -0.2) is 6.61 Å². The Labute approximate surface area is 202 Å². The third-order valence-corrected chi connectivity index (χ3v) is 7.42. The average molecular weight is 461 g/mol. The summed E-state index contributed by atoms with van der Waals surface area (Å²) in [7, 11) is 0. The van der Waals surface area contributed by atoms with Crippen LogP contribution in [0.25, 0.3) is 0 Å². The fourth-order valence-corrected chi connectivity index (χ4v) is 5.63. The molecule has 34 heavy (non-hydrogen) atoms. The maximum atomic E-state index is 14.9. The molecule has 0 spiro atoms. The van der Waals surface area contributed by atoms with Crippen LogP contribution in [0.3, 0.4) is 0 Å². The summed E-state index contributed by atoms with van der Waals surface area (Å²) in [5.74, 6) is 7.57. The Bertz CT molecular complexity index is 1060. The van der Waals surface area contributed by atoms with E-state index in [4.69, 9.17) is 4.74 Å². The van der Waals surface area contributed by atoms with E-state index in [9.17, 15) is 8.78 Å². The molecule has 4 atom stereocenters. The standard InChI is InChI=1S/C31H34F2O/c1-3-5-17-34-28-14-8-22(9-15-28)10-16-29-30(32)20-27(21-31(29)33)26-13-12-24-18-23(6-4-2)7-11-25(24)19-26/h3-6,8-9,14-15,20-21,23-26H,7,11-13,17-19H2,1-2H3/b5-3+,6-4+. The first-order valence-electron chi connectivity index (χ1n) is 12.5. The molecule has 2 aliphatic rings. The molecular weight excluding hydrogens is 426 g/mol. The van der Waals surface area contributed by atoms with Crippen LogP contribution in [0.4, 0.5) is 8.78 Å². The number of hydrogen-bond acceptors (Lipinski definition) is 1. The van der Waals surface area contributed by atoms with Crippen LogP contribution in [-0.2, 0) is 0 Å². The SMILES string of the molecule is C/C=C/COc1ccc(C#Cc2c(F)cc(C3CCC4CC(/C=C/C)CCC4C3)cc2F)cc1. The number of hydrogen-bond donors (Lipinski definition) is 0. The van der Waals surface area contributed by atoms with Crippen LogP contribution in [0.5, 0.6) is 5.75 Å². The third-order valence-electron chi connectivity index (χ3n) is 7.42. The van der Waals surface area contributed by atoms with Crippen molar-refractivity contribution in [2.75, 3.05) is 6.61 Å². The Hall–Kier alpha value is -2.86. The van der Waals surface area contributed by atoms with Gasteiger partial charge in [-0.05, 0) is 118 Å². The first-order chi connectivity index (χ1) is 16.6. The van der Waals surface area contributed by atoms with Gasteiger partial charge in [0.2, 0.25) is 0 Å². The van der Waals surface area contributed by atoms with Gasteiger partial charge < -0.3 is 4.74 Å². The van der Waals surface area contributed by atoms with Gasteiger partial charge in [0.25, 0.3) is 0 Å². The smallest absolute Gasteiger partial charge is 0.142 e. The van der Waals surface area contributed by atoms with Gasteiger partial charge in [-0.15, -0.1) is 0 Å². The van der Waals surface area contributed by atoms with Crippen LogP contribution < -0.4 is 4.74 Å². The summed E-state index contributed by atoms with van der Waals surface area (Å²) in [5.41, 5.74) is 1.32. The van der Waals surface area contributed by atoms with E-state index in [0.29, 0.717) is 24.0 Å². The minimum Gasteiger partial charge on any atom is -0.490 e. The first kappa shape index (κ1) is 24.3. The van der Waals surface area contributed by atoms with E-state index in [1.165, 1.54) is 31.4 Å². The molecule has 2 aromatic rings. The molecule has 0 N–H and O–H groups in total. The van der Waals surface area contributed by atoms with Gasteiger partial charge >= 0.3 is 0 Å². The lowest BCUT2D eigenvalue weighted by Crippen LogP contribution is -2.30. The van der Waals surface area contributed by atoms with Gasteiger partial charge in [0.1, 0.15) is 24.0 Å². The number of benzene rings is 2.